The van der Waals surface area contributed by atoms with Crippen molar-refractivity contribution in [1.29, 1.82) is 0 Å². The zero-order chi connectivity index (χ0) is 19.0. The van der Waals surface area contributed by atoms with Gasteiger partial charge in [0.1, 0.15) is 0 Å². The van der Waals surface area contributed by atoms with Crippen LogP contribution in [-0.2, 0) is 11.8 Å². The van der Waals surface area contributed by atoms with Crippen LogP contribution in [0.3, 0.4) is 0 Å². The van der Waals surface area contributed by atoms with Crippen molar-refractivity contribution < 1.29 is 9.72 Å². The lowest BCUT2D eigenvalue weighted by Crippen LogP contribution is -2.15. The Labute approximate surface area is 157 Å². The van der Waals surface area contributed by atoms with E-state index >= 15 is 0 Å². The number of aromatic nitrogens is 1. The summed E-state index contributed by atoms with van der Waals surface area (Å²) >= 11 is 1.39. The van der Waals surface area contributed by atoms with Gasteiger partial charge in [-0.05, 0) is 11.6 Å². The van der Waals surface area contributed by atoms with Crippen LogP contribution >= 0.6 is 11.3 Å². The number of carbonyl (C=O) groups is 1. The fraction of sp³-hybridized carbons (Fsp3) is 0.0556. The number of carbonyl (C=O) groups excluding carboxylic acids is 1. The minimum Gasteiger partial charge on any atom is -0.320 e. The molecule has 0 bridgehead atoms. The molecule has 1 aromatic heterocycles. The van der Waals surface area contributed by atoms with E-state index < -0.39 is 10.8 Å². The summed E-state index contributed by atoms with van der Waals surface area (Å²) in [5.74, 6) is -0.434. The van der Waals surface area contributed by atoms with E-state index in [1.807, 2.05) is 47.3 Å². The fourth-order valence-electron chi connectivity index (χ4n) is 2.78. The van der Waals surface area contributed by atoms with Crippen molar-refractivity contribution in [3.8, 4) is 11.3 Å². The number of hydrogen-bond acceptors (Lipinski definition) is 6. The van der Waals surface area contributed by atoms with Crippen LogP contribution in [0.25, 0.3) is 11.3 Å². The molecule has 3 aromatic rings. The molecule has 0 saturated heterocycles. The zero-order valence-corrected chi connectivity index (χ0v) is 14.9. The summed E-state index contributed by atoms with van der Waals surface area (Å²) in [6.45, 7) is 0. The second kappa shape index (κ2) is 6.61. The molecule has 2 aromatic carbocycles. The first-order valence-corrected chi connectivity index (χ1v) is 8.84. The van der Waals surface area contributed by atoms with E-state index in [1.165, 1.54) is 29.5 Å². The van der Waals surface area contributed by atoms with E-state index in [-0.39, 0.29) is 11.4 Å². The van der Waals surface area contributed by atoms with Crippen LogP contribution in [-0.4, -0.2) is 21.1 Å². The lowest BCUT2D eigenvalue weighted by Gasteiger charge is -2.01. The maximum Gasteiger partial charge on any atom is 0.276 e. The molecule has 0 spiro atoms. The smallest absolute Gasteiger partial charge is 0.276 e. The third-order valence-corrected chi connectivity index (χ3v) is 5.07. The molecular formula is C18H13N5O3S. The highest BCUT2D eigenvalue weighted by atomic mass is 32.1. The standard InChI is InChI=1S/C18H13N5O3S/c1-22-15(11-5-3-2-4-6-11)10-27-18(22)21-20-16-13-9-12(23(25)26)7-8-14(13)19-17(16)24/h2-10H,1H3,(H,19,20,24)/b21-18+. The highest BCUT2D eigenvalue weighted by Gasteiger charge is 2.28. The number of benzene rings is 2. The van der Waals surface area contributed by atoms with Crippen molar-refractivity contribution in [2.24, 2.45) is 17.3 Å². The molecule has 1 aliphatic rings. The number of fused-ring (bicyclic) bond motifs is 1. The maximum absolute atomic E-state index is 12.2. The Kier molecular flexibility index (Phi) is 4.13. The topological polar surface area (TPSA) is 102 Å². The van der Waals surface area contributed by atoms with Gasteiger partial charge in [0, 0.05) is 30.1 Å². The summed E-state index contributed by atoms with van der Waals surface area (Å²) in [6.07, 6.45) is 0. The minimum absolute atomic E-state index is 0.0587. The van der Waals surface area contributed by atoms with E-state index in [2.05, 4.69) is 15.5 Å². The van der Waals surface area contributed by atoms with Gasteiger partial charge in [-0.25, -0.2) is 0 Å². The molecule has 27 heavy (non-hydrogen) atoms. The summed E-state index contributed by atoms with van der Waals surface area (Å²) in [4.78, 5) is 23.2. The van der Waals surface area contributed by atoms with Gasteiger partial charge in [-0.2, -0.15) is 0 Å². The van der Waals surface area contributed by atoms with E-state index in [0.29, 0.717) is 16.1 Å². The van der Waals surface area contributed by atoms with Crippen LogP contribution in [0.15, 0.2) is 64.1 Å². The van der Waals surface area contributed by atoms with Crippen molar-refractivity contribution in [3.63, 3.8) is 0 Å². The summed E-state index contributed by atoms with van der Waals surface area (Å²) in [5, 5.41) is 23.9. The molecule has 0 unspecified atom stereocenters. The Balaban J connectivity index is 1.76. The summed E-state index contributed by atoms with van der Waals surface area (Å²) < 4.78 is 1.88. The highest BCUT2D eigenvalue weighted by Crippen LogP contribution is 2.27. The van der Waals surface area contributed by atoms with Crippen molar-refractivity contribution in [2.45, 2.75) is 0 Å². The third kappa shape index (κ3) is 3.04. The first kappa shape index (κ1) is 16.9. The lowest BCUT2D eigenvalue weighted by molar-refractivity contribution is -0.384. The molecule has 8 nitrogen and oxygen atoms in total. The minimum atomic E-state index is -0.511. The number of non-ortho nitro benzene ring substituents is 1. The number of nitro groups is 1. The highest BCUT2D eigenvalue weighted by molar-refractivity contribution is 7.07. The Morgan fingerprint density at radius 1 is 1.15 bits per heavy atom. The monoisotopic (exact) mass is 379 g/mol. The Bertz CT molecular complexity index is 1160. The van der Waals surface area contributed by atoms with Crippen LogP contribution in [0.2, 0.25) is 0 Å². The quantitative estimate of drug-likeness (QED) is 0.559. The van der Waals surface area contributed by atoms with Crippen LogP contribution < -0.4 is 10.1 Å². The normalized spacial score (nSPS) is 15.1. The number of nitrogens with zero attached hydrogens (tertiary/aromatic N) is 4. The summed E-state index contributed by atoms with van der Waals surface area (Å²) in [7, 11) is 1.87. The van der Waals surface area contributed by atoms with E-state index in [1.54, 1.807) is 0 Å². The molecule has 0 atom stereocenters. The summed E-state index contributed by atoms with van der Waals surface area (Å²) in [5.41, 5.74) is 2.84. The molecule has 134 valence electrons. The van der Waals surface area contributed by atoms with Gasteiger partial charge in [0.15, 0.2) is 5.71 Å². The molecule has 9 heteroatoms. The van der Waals surface area contributed by atoms with Crippen molar-refractivity contribution in [1.82, 2.24) is 4.57 Å². The molecule has 4 rings (SSSR count). The molecular weight excluding hydrogens is 366 g/mol. The number of amides is 1. The fourth-order valence-corrected chi connectivity index (χ4v) is 3.63. The van der Waals surface area contributed by atoms with Gasteiger partial charge in [0.05, 0.1) is 16.3 Å². The van der Waals surface area contributed by atoms with Gasteiger partial charge >= 0.3 is 0 Å². The van der Waals surface area contributed by atoms with E-state index in [0.717, 1.165) is 11.3 Å². The average molecular weight is 379 g/mol. The number of anilines is 1. The van der Waals surface area contributed by atoms with Crippen LogP contribution in [0.5, 0.6) is 0 Å². The van der Waals surface area contributed by atoms with E-state index in [4.69, 9.17) is 0 Å². The van der Waals surface area contributed by atoms with Gasteiger partial charge in [0.25, 0.3) is 11.6 Å². The molecule has 0 saturated carbocycles. The number of rotatable bonds is 3. The van der Waals surface area contributed by atoms with Crippen molar-refractivity contribution >= 4 is 34.3 Å². The molecule has 1 amide bonds. The average Bonchev–Trinajstić information content (AvgIpc) is 3.19. The van der Waals surface area contributed by atoms with Crippen LogP contribution in [0, 0.1) is 10.1 Å². The number of nitro benzene ring substituents is 1. The molecule has 0 radical (unpaired) electrons. The number of hydrogen-bond donors (Lipinski definition) is 1. The lowest BCUT2D eigenvalue weighted by atomic mass is 10.1. The first-order valence-electron chi connectivity index (χ1n) is 7.96. The summed E-state index contributed by atoms with van der Waals surface area (Å²) in [6, 6.07) is 14.0. The van der Waals surface area contributed by atoms with Gasteiger partial charge in [-0.3, -0.25) is 14.9 Å². The van der Waals surface area contributed by atoms with Crippen molar-refractivity contribution in [2.75, 3.05) is 5.32 Å². The molecule has 0 aliphatic carbocycles. The van der Waals surface area contributed by atoms with Gasteiger partial charge < -0.3 is 9.88 Å². The second-order valence-corrected chi connectivity index (χ2v) is 6.65. The Hall–Kier alpha value is -3.59. The van der Waals surface area contributed by atoms with Gasteiger partial charge in [-0.15, -0.1) is 21.5 Å². The van der Waals surface area contributed by atoms with Crippen LogP contribution in [0.4, 0.5) is 11.4 Å². The number of thiazole rings is 1. The van der Waals surface area contributed by atoms with Gasteiger partial charge in [-0.1, -0.05) is 30.3 Å². The maximum atomic E-state index is 12.2. The molecule has 2 heterocycles. The molecule has 1 N–H and O–H groups in total. The zero-order valence-electron chi connectivity index (χ0n) is 14.1. The predicted molar refractivity (Wildman–Crippen MR) is 103 cm³/mol. The number of nitrogens with one attached hydrogen (secondary N) is 1. The Morgan fingerprint density at radius 3 is 2.67 bits per heavy atom. The Morgan fingerprint density at radius 2 is 1.93 bits per heavy atom. The van der Waals surface area contributed by atoms with E-state index in [9.17, 15) is 14.9 Å². The van der Waals surface area contributed by atoms with Gasteiger partial charge in [0.2, 0.25) is 4.80 Å². The second-order valence-electron chi connectivity index (χ2n) is 5.82. The van der Waals surface area contributed by atoms with Crippen LogP contribution in [0.1, 0.15) is 5.56 Å². The largest absolute Gasteiger partial charge is 0.320 e. The molecule has 1 aliphatic heterocycles. The third-order valence-electron chi connectivity index (χ3n) is 4.16. The van der Waals surface area contributed by atoms with Crippen molar-refractivity contribution in [3.05, 3.63) is 74.4 Å². The molecule has 0 fully saturated rings. The SMILES string of the molecule is Cn1c(-c2ccccc2)cs/c1=N/N=C1\C(=O)Nc2ccc([N+](=O)[O-])cc21. The first-order chi connectivity index (χ1) is 13.0. The predicted octanol–water partition coefficient (Wildman–Crippen LogP) is 2.92.